The predicted molar refractivity (Wildman–Crippen MR) is 97.1 cm³/mol. The first-order valence-electron chi connectivity index (χ1n) is 8.12. The van der Waals surface area contributed by atoms with Crippen molar-refractivity contribution in [1.29, 1.82) is 0 Å². The van der Waals surface area contributed by atoms with Gasteiger partial charge in [0.25, 0.3) is 11.6 Å². The van der Waals surface area contributed by atoms with Crippen molar-refractivity contribution >= 4 is 17.3 Å². The van der Waals surface area contributed by atoms with E-state index in [0.717, 1.165) is 11.1 Å². The Morgan fingerprint density at radius 1 is 1.20 bits per heavy atom. The molecule has 0 heterocycles. The standard InChI is InChI=1S/C19H22N2O4/c1-5-18(25-15-10-9-12(2)13(3)11-15)19(22)20-16-7-6-8-17(14(16)4)21(23)24/h6-11,18H,5H2,1-4H3,(H,20,22)/t18-/m0/s1. The third kappa shape index (κ3) is 4.35. The fraction of sp³-hybridized carbons (Fsp3) is 0.316. The number of nitro benzene ring substituents is 1. The topological polar surface area (TPSA) is 81.5 Å². The maximum Gasteiger partial charge on any atom is 0.274 e. The number of hydrogen-bond acceptors (Lipinski definition) is 4. The summed E-state index contributed by atoms with van der Waals surface area (Å²) in [7, 11) is 0. The van der Waals surface area contributed by atoms with Crippen LogP contribution in [0.4, 0.5) is 11.4 Å². The molecule has 132 valence electrons. The minimum atomic E-state index is -0.680. The van der Waals surface area contributed by atoms with Gasteiger partial charge in [-0.15, -0.1) is 0 Å². The van der Waals surface area contributed by atoms with Gasteiger partial charge in [-0.1, -0.05) is 19.1 Å². The number of amides is 1. The molecule has 1 N–H and O–H groups in total. The second-order valence-electron chi connectivity index (χ2n) is 5.96. The Morgan fingerprint density at radius 3 is 2.52 bits per heavy atom. The molecule has 2 aromatic carbocycles. The SMILES string of the molecule is CC[C@H](Oc1ccc(C)c(C)c1)C(=O)Nc1cccc([N+](=O)[O-])c1C. The van der Waals surface area contributed by atoms with Gasteiger partial charge in [0.05, 0.1) is 16.2 Å². The van der Waals surface area contributed by atoms with Crippen LogP contribution >= 0.6 is 0 Å². The first-order valence-corrected chi connectivity index (χ1v) is 8.12. The maximum absolute atomic E-state index is 12.5. The lowest BCUT2D eigenvalue weighted by Gasteiger charge is -2.18. The van der Waals surface area contributed by atoms with Crippen molar-refractivity contribution in [2.75, 3.05) is 5.32 Å². The Labute approximate surface area is 147 Å². The van der Waals surface area contributed by atoms with Gasteiger partial charge in [0, 0.05) is 6.07 Å². The summed E-state index contributed by atoms with van der Waals surface area (Å²) in [5.74, 6) is 0.296. The lowest BCUT2D eigenvalue weighted by Crippen LogP contribution is -2.32. The Balaban J connectivity index is 2.16. The zero-order valence-corrected chi connectivity index (χ0v) is 14.8. The van der Waals surface area contributed by atoms with E-state index in [1.807, 2.05) is 39.0 Å². The van der Waals surface area contributed by atoms with E-state index in [1.165, 1.54) is 6.07 Å². The number of hydrogen-bond donors (Lipinski definition) is 1. The van der Waals surface area contributed by atoms with E-state index in [1.54, 1.807) is 19.1 Å². The number of ether oxygens (including phenoxy) is 1. The monoisotopic (exact) mass is 342 g/mol. The fourth-order valence-electron chi connectivity index (χ4n) is 2.44. The first kappa shape index (κ1) is 18.4. The average molecular weight is 342 g/mol. The van der Waals surface area contributed by atoms with Crippen LogP contribution in [-0.4, -0.2) is 16.9 Å². The Kier molecular flexibility index (Phi) is 5.75. The van der Waals surface area contributed by atoms with E-state index in [0.29, 0.717) is 23.4 Å². The number of nitrogens with one attached hydrogen (secondary N) is 1. The summed E-state index contributed by atoms with van der Waals surface area (Å²) in [4.78, 5) is 23.1. The molecule has 0 aromatic heterocycles. The number of rotatable bonds is 6. The summed E-state index contributed by atoms with van der Waals surface area (Å²) < 4.78 is 5.81. The number of nitro groups is 1. The highest BCUT2D eigenvalue weighted by molar-refractivity contribution is 5.95. The molecular weight excluding hydrogens is 320 g/mol. The Hall–Kier alpha value is -2.89. The molecule has 0 aliphatic rings. The zero-order chi connectivity index (χ0) is 18.6. The van der Waals surface area contributed by atoms with Crippen LogP contribution in [0, 0.1) is 30.9 Å². The Morgan fingerprint density at radius 2 is 1.92 bits per heavy atom. The number of nitrogens with zero attached hydrogens (tertiary/aromatic N) is 1. The second kappa shape index (κ2) is 7.79. The van der Waals surface area contributed by atoms with Crippen molar-refractivity contribution in [3.8, 4) is 5.75 Å². The summed E-state index contributed by atoms with van der Waals surface area (Å²) in [6.45, 7) is 7.45. The number of anilines is 1. The molecule has 0 saturated heterocycles. The molecule has 0 aliphatic heterocycles. The zero-order valence-electron chi connectivity index (χ0n) is 14.8. The van der Waals surface area contributed by atoms with Crippen molar-refractivity contribution < 1.29 is 14.5 Å². The normalized spacial score (nSPS) is 11.7. The van der Waals surface area contributed by atoms with E-state index in [2.05, 4.69) is 5.32 Å². The highest BCUT2D eigenvalue weighted by Gasteiger charge is 2.21. The molecule has 0 spiro atoms. The molecule has 1 atom stereocenters. The molecule has 0 aliphatic carbocycles. The average Bonchev–Trinajstić information content (AvgIpc) is 2.57. The smallest absolute Gasteiger partial charge is 0.274 e. The molecular formula is C19H22N2O4. The minimum absolute atomic E-state index is 0.0269. The second-order valence-corrected chi connectivity index (χ2v) is 5.96. The van der Waals surface area contributed by atoms with Crippen LogP contribution < -0.4 is 10.1 Å². The molecule has 25 heavy (non-hydrogen) atoms. The lowest BCUT2D eigenvalue weighted by molar-refractivity contribution is -0.385. The first-order chi connectivity index (χ1) is 11.8. The number of carbonyl (C=O) groups excluding carboxylic acids is 1. The molecule has 6 heteroatoms. The molecule has 1 amide bonds. The van der Waals surface area contributed by atoms with Gasteiger partial charge in [-0.25, -0.2) is 0 Å². The van der Waals surface area contributed by atoms with Crippen molar-refractivity contribution in [1.82, 2.24) is 0 Å². The number of aryl methyl sites for hydroxylation is 2. The predicted octanol–water partition coefficient (Wildman–Crippen LogP) is 4.32. The maximum atomic E-state index is 12.5. The van der Waals surface area contributed by atoms with Crippen molar-refractivity contribution in [3.05, 3.63) is 63.2 Å². The van der Waals surface area contributed by atoms with Crippen LogP contribution in [0.3, 0.4) is 0 Å². The summed E-state index contributed by atoms with van der Waals surface area (Å²) in [5, 5.41) is 13.8. The van der Waals surface area contributed by atoms with Crippen LogP contribution in [0.5, 0.6) is 5.75 Å². The highest BCUT2D eigenvalue weighted by atomic mass is 16.6. The van der Waals surface area contributed by atoms with Gasteiger partial charge in [-0.05, 0) is 56.5 Å². The van der Waals surface area contributed by atoms with Gasteiger partial charge in [-0.3, -0.25) is 14.9 Å². The third-order valence-corrected chi connectivity index (χ3v) is 4.18. The quantitative estimate of drug-likeness (QED) is 0.626. The molecule has 0 bridgehead atoms. The Bertz CT molecular complexity index is 802. The van der Waals surface area contributed by atoms with Crippen LogP contribution in [-0.2, 0) is 4.79 Å². The molecule has 2 rings (SSSR count). The van der Waals surface area contributed by atoms with Crippen LogP contribution in [0.2, 0.25) is 0 Å². The van der Waals surface area contributed by atoms with Gasteiger partial charge in [0.1, 0.15) is 5.75 Å². The van der Waals surface area contributed by atoms with Crippen molar-refractivity contribution in [2.45, 2.75) is 40.2 Å². The van der Waals surface area contributed by atoms with Crippen LogP contribution in [0.1, 0.15) is 30.0 Å². The summed E-state index contributed by atoms with van der Waals surface area (Å²) >= 11 is 0. The van der Waals surface area contributed by atoms with Gasteiger partial charge >= 0.3 is 0 Å². The molecule has 0 saturated carbocycles. The largest absolute Gasteiger partial charge is 0.481 e. The number of carbonyl (C=O) groups is 1. The highest BCUT2D eigenvalue weighted by Crippen LogP contribution is 2.26. The van der Waals surface area contributed by atoms with E-state index < -0.39 is 11.0 Å². The van der Waals surface area contributed by atoms with Gasteiger partial charge in [0.2, 0.25) is 0 Å². The number of benzene rings is 2. The van der Waals surface area contributed by atoms with E-state index in [9.17, 15) is 14.9 Å². The molecule has 6 nitrogen and oxygen atoms in total. The van der Waals surface area contributed by atoms with Crippen molar-refractivity contribution in [2.24, 2.45) is 0 Å². The van der Waals surface area contributed by atoms with Crippen LogP contribution in [0.25, 0.3) is 0 Å². The molecule has 2 aromatic rings. The summed E-state index contributed by atoms with van der Waals surface area (Å²) in [5.41, 5.74) is 3.04. The third-order valence-electron chi connectivity index (χ3n) is 4.18. The van der Waals surface area contributed by atoms with Crippen molar-refractivity contribution in [3.63, 3.8) is 0 Å². The van der Waals surface area contributed by atoms with Gasteiger partial charge in [-0.2, -0.15) is 0 Å². The minimum Gasteiger partial charge on any atom is -0.481 e. The summed E-state index contributed by atoms with van der Waals surface area (Å²) in [6, 6.07) is 10.3. The lowest BCUT2D eigenvalue weighted by atomic mass is 10.1. The molecule has 0 fully saturated rings. The van der Waals surface area contributed by atoms with E-state index >= 15 is 0 Å². The van der Waals surface area contributed by atoms with Crippen LogP contribution in [0.15, 0.2) is 36.4 Å². The fourth-order valence-corrected chi connectivity index (χ4v) is 2.44. The van der Waals surface area contributed by atoms with Gasteiger partial charge < -0.3 is 10.1 Å². The summed E-state index contributed by atoms with van der Waals surface area (Å²) in [6.07, 6.45) is -0.201. The molecule has 0 radical (unpaired) electrons. The van der Waals surface area contributed by atoms with E-state index in [-0.39, 0.29) is 11.6 Å². The van der Waals surface area contributed by atoms with Gasteiger partial charge in [0.15, 0.2) is 6.10 Å². The molecule has 0 unspecified atom stereocenters. The van der Waals surface area contributed by atoms with E-state index in [4.69, 9.17) is 4.74 Å².